The molecule has 35 heavy (non-hydrogen) atoms. The molecule has 2 aromatic heterocycles. The molecule has 0 amide bonds. The highest BCUT2D eigenvalue weighted by molar-refractivity contribution is 7.99. The molecule has 2 atom stereocenters. The fourth-order valence-corrected chi connectivity index (χ4v) is 4.53. The molecule has 8 heteroatoms. The van der Waals surface area contributed by atoms with Gasteiger partial charge in [0.15, 0.2) is 0 Å². The topological polar surface area (TPSA) is 52.3 Å². The summed E-state index contributed by atoms with van der Waals surface area (Å²) < 4.78 is 51.8. The lowest BCUT2D eigenvalue weighted by Crippen LogP contribution is -2.32. The van der Waals surface area contributed by atoms with Crippen LogP contribution < -0.4 is 0 Å². The number of thioether (sulfide) groups is 1. The molecule has 2 unspecified atom stereocenters. The Balaban J connectivity index is 1.74. The first-order valence-electron chi connectivity index (χ1n) is 11.9. The van der Waals surface area contributed by atoms with Gasteiger partial charge in [-0.05, 0) is 55.2 Å². The number of rotatable bonds is 10. The van der Waals surface area contributed by atoms with Crippen molar-refractivity contribution in [1.82, 2.24) is 4.98 Å². The van der Waals surface area contributed by atoms with E-state index in [1.165, 1.54) is 0 Å². The molecule has 3 rings (SSSR count). The van der Waals surface area contributed by atoms with Crippen molar-refractivity contribution in [1.29, 1.82) is 0 Å². The molecule has 4 nitrogen and oxygen atoms in total. The summed E-state index contributed by atoms with van der Waals surface area (Å²) in [6, 6.07) is 11.3. The maximum atomic E-state index is 13.6. The average molecular weight is 508 g/mol. The minimum absolute atomic E-state index is 0.0000977. The number of aryl methyl sites for hydroxylation is 2. The van der Waals surface area contributed by atoms with Gasteiger partial charge in [0, 0.05) is 27.3 Å². The van der Waals surface area contributed by atoms with E-state index >= 15 is 0 Å². The SMILES string of the molecule is CCc1ccc(-c2cc3ccc(SCC(COC(=O)C(C)C(C)C)C(F)(F)F)cc3o2)c(CC)n1. The molecule has 0 aliphatic rings. The predicted octanol–water partition coefficient (Wildman–Crippen LogP) is 7.73. The third kappa shape index (κ3) is 6.81. The standard InChI is InChI=1S/C27H32F3NO3S/c1-6-20-9-11-22(23(7-2)31-20)25-12-18-8-10-21(13-24(18)34-25)35-15-19(27(28,29)30)14-33-26(32)17(5)16(3)4/h8-13,16-17,19H,6-7,14-15H2,1-5H3. The van der Waals surface area contributed by atoms with Crippen LogP contribution in [-0.4, -0.2) is 29.5 Å². The van der Waals surface area contributed by atoms with Crippen LogP contribution in [0.2, 0.25) is 0 Å². The van der Waals surface area contributed by atoms with Crippen LogP contribution in [0.4, 0.5) is 13.2 Å². The van der Waals surface area contributed by atoms with Crippen molar-refractivity contribution in [3.8, 4) is 11.3 Å². The third-order valence-corrected chi connectivity index (χ3v) is 7.35. The van der Waals surface area contributed by atoms with Gasteiger partial charge in [0.2, 0.25) is 0 Å². The van der Waals surface area contributed by atoms with Crippen molar-refractivity contribution in [2.45, 2.75) is 58.5 Å². The smallest absolute Gasteiger partial charge is 0.395 e. The molecule has 3 aromatic rings. The Labute approximate surface area is 208 Å². The second kappa shape index (κ2) is 11.5. The molecule has 190 valence electrons. The minimum Gasteiger partial charge on any atom is -0.465 e. The predicted molar refractivity (Wildman–Crippen MR) is 133 cm³/mol. The third-order valence-electron chi connectivity index (χ3n) is 6.20. The van der Waals surface area contributed by atoms with Gasteiger partial charge < -0.3 is 9.15 Å². The Morgan fingerprint density at radius 2 is 1.83 bits per heavy atom. The number of alkyl halides is 3. The summed E-state index contributed by atoms with van der Waals surface area (Å²) in [6.07, 6.45) is -2.85. The van der Waals surface area contributed by atoms with Gasteiger partial charge in [-0.15, -0.1) is 11.8 Å². The molecule has 0 aliphatic carbocycles. The summed E-state index contributed by atoms with van der Waals surface area (Å²) in [5.74, 6) is -2.37. The highest BCUT2D eigenvalue weighted by Crippen LogP contribution is 2.35. The average Bonchev–Trinajstić information content (AvgIpc) is 3.25. The van der Waals surface area contributed by atoms with Gasteiger partial charge in [-0.1, -0.05) is 34.6 Å². The van der Waals surface area contributed by atoms with Crippen molar-refractivity contribution < 1.29 is 27.1 Å². The van der Waals surface area contributed by atoms with Crippen LogP contribution in [0.15, 0.2) is 45.7 Å². The zero-order valence-electron chi connectivity index (χ0n) is 20.7. The number of furan rings is 1. The number of hydrogen-bond donors (Lipinski definition) is 0. The van der Waals surface area contributed by atoms with Crippen LogP contribution in [0, 0.1) is 17.8 Å². The van der Waals surface area contributed by atoms with Crippen LogP contribution >= 0.6 is 11.8 Å². The normalized spacial score (nSPS) is 13.9. The zero-order chi connectivity index (χ0) is 25.8. The number of ether oxygens (including phenoxy) is 1. The molecule has 0 aliphatic heterocycles. The van der Waals surface area contributed by atoms with Gasteiger partial charge in [-0.3, -0.25) is 9.78 Å². The number of halogens is 3. The monoisotopic (exact) mass is 507 g/mol. The van der Waals surface area contributed by atoms with E-state index in [0.717, 1.165) is 46.9 Å². The molecule has 0 N–H and O–H groups in total. The van der Waals surface area contributed by atoms with E-state index in [-0.39, 0.29) is 11.7 Å². The van der Waals surface area contributed by atoms with Crippen molar-refractivity contribution in [2.24, 2.45) is 17.8 Å². The van der Waals surface area contributed by atoms with Crippen LogP contribution in [-0.2, 0) is 22.4 Å². The molecular weight excluding hydrogens is 475 g/mol. The van der Waals surface area contributed by atoms with E-state index in [1.54, 1.807) is 19.1 Å². The minimum atomic E-state index is -4.47. The highest BCUT2D eigenvalue weighted by atomic mass is 32.2. The number of carbonyl (C=O) groups excluding carboxylic acids is 1. The number of benzene rings is 1. The Hall–Kier alpha value is -2.48. The molecular formula is C27H32F3NO3S. The Bertz CT molecular complexity index is 1160. The number of esters is 1. The van der Waals surface area contributed by atoms with Gasteiger partial charge in [0.1, 0.15) is 18.0 Å². The van der Waals surface area contributed by atoms with E-state index in [0.29, 0.717) is 16.2 Å². The maximum absolute atomic E-state index is 13.6. The van der Waals surface area contributed by atoms with Gasteiger partial charge >= 0.3 is 12.1 Å². The zero-order valence-corrected chi connectivity index (χ0v) is 21.6. The summed E-state index contributed by atoms with van der Waals surface area (Å²) in [5.41, 5.74) is 3.49. The Morgan fingerprint density at radius 1 is 1.09 bits per heavy atom. The lowest BCUT2D eigenvalue weighted by Gasteiger charge is -2.21. The number of fused-ring (bicyclic) bond motifs is 1. The molecule has 0 fully saturated rings. The van der Waals surface area contributed by atoms with Crippen LogP contribution in [0.25, 0.3) is 22.3 Å². The number of aromatic nitrogens is 1. The summed E-state index contributed by atoms with van der Waals surface area (Å²) in [6.45, 7) is 8.74. The largest absolute Gasteiger partial charge is 0.465 e. The molecule has 0 radical (unpaired) electrons. The Morgan fingerprint density at radius 3 is 2.46 bits per heavy atom. The van der Waals surface area contributed by atoms with E-state index in [4.69, 9.17) is 9.15 Å². The number of pyridine rings is 1. The van der Waals surface area contributed by atoms with Crippen LogP contribution in [0.5, 0.6) is 0 Å². The van der Waals surface area contributed by atoms with Crippen molar-refractivity contribution in [3.05, 3.63) is 47.8 Å². The van der Waals surface area contributed by atoms with E-state index in [1.807, 2.05) is 45.0 Å². The molecule has 0 saturated carbocycles. The number of hydrogen-bond acceptors (Lipinski definition) is 5. The maximum Gasteiger partial charge on any atom is 0.395 e. The van der Waals surface area contributed by atoms with Gasteiger partial charge in [-0.25, -0.2) is 0 Å². The first-order chi connectivity index (χ1) is 16.5. The molecule has 1 aromatic carbocycles. The first-order valence-corrected chi connectivity index (χ1v) is 12.9. The number of nitrogens with zero attached hydrogens (tertiary/aromatic N) is 1. The fraction of sp³-hybridized carbons (Fsp3) is 0.481. The van der Waals surface area contributed by atoms with Gasteiger partial charge in [-0.2, -0.15) is 13.2 Å². The lowest BCUT2D eigenvalue weighted by atomic mass is 9.98. The van der Waals surface area contributed by atoms with Gasteiger partial charge in [0.05, 0.1) is 17.5 Å². The quantitative estimate of drug-likeness (QED) is 0.208. The van der Waals surface area contributed by atoms with E-state index in [9.17, 15) is 18.0 Å². The number of carbonyl (C=O) groups is 1. The summed E-state index contributed by atoms with van der Waals surface area (Å²) in [4.78, 5) is 17.4. The summed E-state index contributed by atoms with van der Waals surface area (Å²) >= 11 is 1.07. The fourth-order valence-electron chi connectivity index (χ4n) is 3.49. The molecule has 0 bridgehead atoms. The second-order valence-electron chi connectivity index (χ2n) is 9.03. The lowest BCUT2D eigenvalue weighted by molar-refractivity contribution is -0.186. The van der Waals surface area contributed by atoms with E-state index in [2.05, 4.69) is 11.9 Å². The van der Waals surface area contributed by atoms with Crippen molar-refractivity contribution >= 4 is 28.7 Å². The van der Waals surface area contributed by atoms with Crippen molar-refractivity contribution in [2.75, 3.05) is 12.4 Å². The summed E-state index contributed by atoms with van der Waals surface area (Å²) in [7, 11) is 0. The Kier molecular flexibility index (Phi) is 8.91. The molecule has 2 heterocycles. The van der Waals surface area contributed by atoms with Crippen LogP contribution in [0.1, 0.15) is 46.0 Å². The van der Waals surface area contributed by atoms with Crippen molar-refractivity contribution in [3.63, 3.8) is 0 Å². The molecule has 0 spiro atoms. The van der Waals surface area contributed by atoms with Crippen LogP contribution in [0.3, 0.4) is 0 Å². The second-order valence-corrected chi connectivity index (χ2v) is 10.1. The van der Waals surface area contributed by atoms with Gasteiger partial charge in [0.25, 0.3) is 0 Å². The van der Waals surface area contributed by atoms with E-state index < -0.39 is 30.6 Å². The first kappa shape index (κ1) is 27.1. The molecule has 0 saturated heterocycles. The summed E-state index contributed by atoms with van der Waals surface area (Å²) in [5, 5.41) is 0.870. The highest BCUT2D eigenvalue weighted by Gasteiger charge is 2.40.